The zero-order valence-corrected chi connectivity index (χ0v) is 15.4. The van der Waals surface area contributed by atoms with Crippen molar-refractivity contribution in [2.45, 2.75) is 51.6 Å². The molecule has 0 rings (SSSR count). The Bertz CT molecular complexity index is 498. The van der Waals surface area contributed by atoms with Gasteiger partial charge in [-0.05, 0) is 38.5 Å². The third-order valence-electron chi connectivity index (χ3n) is 3.14. The van der Waals surface area contributed by atoms with Gasteiger partial charge in [-0.15, -0.1) is 0 Å². The number of ketones is 1. The van der Waals surface area contributed by atoms with Crippen LogP contribution in [0.3, 0.4) is 0 Å². The summed E-state index contributed by atoms with van der Waals surface area (Å²) < 4.78 is 40.4. The Morgan fingerprint density at radius 1 is 0.769 bits per heavy atom. The Labute approximate surface area is 154 Å². The maximum Gasteiger partial charge on any atom is 0.452 e. The molecule has 0 radical (unpaired) electrons. The van der Waals surface area contributed by atoms with Crippen LogP contribution in [0.2, 0.25) is 0 Å². The summed E-state index contributed by atoms with van der Waals surface area (Å²) in [6.07, 6.45) is 21.0. The van der Waals surface area contributed by atoms with Gasteiger partial charge in [-0.25, -0.2) is 0 Å². The quantitative estimate of drug-likeness (QED) is 0.266. The molecule has 0 amide bonds. The maximum atomic E-state index is 11.9. The molecule has 0 bridgehead atoms. The second kappa shape index (κ2) is 16.6. The van der Waals surface area contributed by atoms with Crippen LogP contribution in [0, 0.1) is 0 Å². The number of alkyl halides is 3. The van der Waals surface area contributed by atoms with Gasteiger partial charge in [-0.2, -0.15) is 13.2 Å². The average Bonchev–Trinajstić information content (AvgIpc) is 2.59. The van der Waals surface area contributed by atoms with Gasteiger partial charge in [0, 0.05) is 0 Å². The maximum absolute atomic E-state index is 11.9. The topological polar surface area (TPSA) is 26.3 Å². The minimum Gasteiger partial charge on any atom is -0.373 e. The molecule has 2 nitrogen and oxygen atoms in total. The molecule has 0 aliphatic rings. The predicted molar refractivity (Wildman–Crippen MR) is 101 cm³/mol. The third-order valence-corrected chi connectivity index (χ3v) is 3.14. The molecule has 0 spiro atoms. The lowest BCUT2D eigenvalue weighted by Crippen LogP contribution is -2.27. The molecule has 146 valence electrons. The molecule has 0 aliphatic carbocycles. The molecule has 0 saturated heterocycles. The zero-order chi connectivity index (χ0) is 19.5. The number of halogens is 3. The highest BCUT2D eigenvalue weighted by atomic mass is 19.4. The first kappa shape index (κ1) is 24.1. The van der Waals surface area contributed by atoms with Gasteiger partial charge in [0.1, 0.15) is 6.61 Å². The van der Waals surface area contributed by atoms with Crippen LogP contribution < -0.4 is 0 Å². The largest absolute Gasteiger partial charge is 0.452 e. The van der Waals surface area contributed by atoms with Gasteiger partial charge in [0.2, 0.25) is 0 Å². The number of Topliss-reactive ketones (excluding diaryl/α,β-unsaturated/α-hetero) is 1. The van der Waals surface area contributed by atoms with Crippen LogP contribution in [0.1, 0.15) is 45.4 Å². The third kappa shape index (κ3) is 17.0. The van der Waals surface area contributed by atoms with E-state index < -0.39 is 18.6 Å². The molecule has 0 aliphatic heterocycles. The monoisotopic (exact) mass is 370 g/mol. The fourth-order valence-corrected chi connectivity index (χ4v) is 1.77. The fourth-order valence-electron chi connectivity index (χ4n) is 1.77. The number of ether oxygens (including phenoxy) is 1. The van der Waals surface area contributed by atoms with Crippen molar-refractivity contribution in [2.24, 2.45) is 0 Å². The van der Waals surface area contributed by atoms with E-state index in [-0.39, 0.29) is 6.61 Å². The summed E-state index contributed by atoms with van der Waals surface area (Å²) in [6, 6.07) is 0. The van der Waals surface area contributed by atoms with E-state index in [1.807, 2.05) is 18.2 Å². The van der Waals surface area contributed by atoms with Crippen LogP contribution >= 0.6 is 0 Å². The summed E-state index contributed by atoms with van der Waals surface area (Å²) in [6.45, 7) is 1.31. The number of carbonyl (C=O) groups excluding carboxylic acids is 1. The highest BCUT2D eigenvalue weighted by Crippen LogP contribution is 2.15. The van der Waals surface area contributed by atoms with Crippen molar-refractivity contribution < 1.29 is 22.7 Å². The first-order valence-electron chi connectivity index (χ1n) is 8.91. The summed E-state index contributed by atoms with van der Waals surface area (Å²) in [5, 5.41) is 0. The molecule has 0 aromatic rings. The predicted octanol–water partition coefficient (Wildman–Crippen LogP) is 6.28. The molecule has 26 heavy (non-hydrogen) atoms. The first-order valence-corrected chi connectivity index (χ1v) is 8.91. The summed E-state index contributed by atoms with van der Waals surface area (Å²) in [7, 11) is 0. The Morgan fingerprint density at radius 2 is 1.19 bits per heavy atom. The second-order valence-corrected chi connectivity index (χ2v) is 5.47. The van der Waals surface area contributed by atoms with Crippen LogP contribution in [0.5, 0.6) is 0 Å². The molecular formula is C21H29F3O2. The highest BCUT2D eigenvalue weighted by Gasteiger charge is 2.37. The lowest BCUT2D eigenvalue weighted by atomic mass is 10.2. The summed E-state index contributed by atoms with van der Waals surface area (Å²) >= 11 is 0. The highest BCUT2D eigenvalue weighted by molar-refractivity contribution is 5.85. The van der Waals surface area contributed by atoms with Crippen LogP contribution in [0.4, 0.5) is 13.2 Å². The van der Waals surface area contributed by atoms with Gasteiger partial charge >= 0.3 is 6.18 Å². The molecule has 0 fully saturated rings. The molecule has 0 aromatic carbocycles. The lowest BCUT2D eigenvalue weighted by molar-refractivity contribution is -0.175. The number of carbonyl (C=O) groups is 1. The lowest BCUT2D eigenvalue weighted by Gasteiger charge is -2.04. The van der Waals surface area contributed by atoms with Crippen molar-refractivity contribution in [2.75, 3.05) is 13.2 Å². The van der Waals surface area contributed by atoms with Crippen molar-refractivity contribution in [1.29, 1.82) is 0 Å². The van der Waals surface area contributed by atoms with E-state index in [9.17, 15) is 18.0 Å². The number of allylic oxidation sites excluding steroid dienone is 9. The Kier molecular flexibility index (Phi) is 15.4. The summed E-state index contributed by atoms with van der Waals surface area (Å²) in [4.78, 5) is 10.5. The minimum atomic E-state index is -4.81. The van der Waals surface area contributed by atoms with E-state index >= 15 is 0 Å². The van der Waals surface area contributed by atoms with Gasteiger partial charge in [0.25, 0.3) is 5.78 Å². The van der Waals surface area contributed by atoms with Crippen molar-refractivity contribution in [3.8, 4) is 0 Å². The van der Waals surface area contributed by atoms with E-state index in [1.54, 1.807) is 0 Å². The van der Waals surface area contributed by atoms with Crippen molar-refractivity contribution >= 4 is 5.78 Å². The number of hydrogen-bond donors (Lipinski definition) is 0. The molecule has 0 aromatic heterocycles. The van der Waals surface area contributed by atoms with Crippen molar-refractivity contribution in [3.63, 3.8) is 0 Å². The van der Waals surface area contributed by atoms with Gasteiger partial charge in [0.15, 0.2) is 0 Å². The van der Waals surface area contributed by atoms with Crippen LogP contribution in [0.15, 0.2) is 60.8 Å². The summed E-state index contributed by atoms with van der Waals surface area (Å²) in [5.41, 5.74) is 0. The smallest absolute Gasteiger partial charge is 0.373 e. The molecule has 0 saturated carbocycles. The Balaban J connectivity index is 3.55. The normalized spacial score (nSPS) is 13.4. The van der Waals surface area contributed by atoms with Gasteiger partial charge in [0.05, 0.1) is 6.61 Å². The van der Waals surface area contributed by atoms with Crippen molar-refractivity contribution in [1.82, 2.24) is 0 Å². The number of rotatable bonds is 14. The fraction of sp³-hybridized carbons (Fsp3) is 0.476. The molecular weight excluding hydrogens is 341 g/mol. The van der Waals surface area contributed by atoms with Gasteiger partial charge in [-0.3, -0.25) is 4.79 Å². The second-order valence-electron chi connectivity index (χ2n) is 5.47. The standard InChI is InChI=1S/C21H29F3O2/c1-2-3-4-5-6-7-8-9-10-11-12-13-14-15-16-17-18-26-19-20(25)21(22,23)24/h3-4,6-7,9-10,12-13,15-16H,2,5,8,11,14,17-19H2,1H3/b4-3-,7-6-,10-9-,13-12-,16-15-. The first-order chi connectivity index (χ1) is 12.5. The van der Waals surface area contributed by atoms with E-state index in [0.717, 1.165) is 32.1 Å². The molecule has 0 heterocycles. The average molecular weight is 370 g/mol. The van der Waals surface area contributed by atoms with E-state index in [0.29, 0.717) is 6.42 Å². The van der Waals surface area contributed by atoms with Crippen molar-refractivity contribution in [3.05, 3.63) is 60.8 Å². The zero-order valence-electron chi connectivity index (χ0n) is 15.4. The molecule has 5 heteroatoms. The van der Waals surface area contributed by atoms with Crippen LogP contribution in [-0.4, -0.2) is 25.2 Å². The Hall–Kier alpha value is -1.88. The SMILES string of the molecule is CC/C=C\C/C=C\C/C=C\C/C=C\C/C=C\CCOCC(=O)C(F)(F)F. The molecule has 0 unspecified atom stereocenters. The van der Waals surface area contributed by atoms with E-state index in [1.165, 1.54) is 0 Å². The van der Waals surface area contributed by atoms with E-state index in [4.69, 9.17) is 0 Å². The van der Waals surface area contributed by atoms with Gasteiger partial charge < -0.3 is 4.74 Å². The summed E-state index contributed by atoms with van der Waals surface area (Å²) in [5.74, 6) is -1.85. The molecule has 0 atom stereocenters. The molecule has 0 N–H and O–H groups in total. The van der Waals surface area contributed by atoms with Crippen LogP contribution in [-0.2, 0) is 9.53 Å². The van der Waals surface area contributed by atoms with Gasteiger partial charge in [-0.1, -0.05) is 67.7 Å². The van der Waals surface area contributed by atoms with E-state index in [2.05, 4.69) is 54.2 Å². The Morgan fingerprint density at radius 3 is 1.62 bits per heavy atom. The van der Waals surface area contributed by atoms with Crippen LogP contribution in [0.25, 0.3) is 0 Å². The number of hydrogen-bond acceptors (Lipinski definition) is 2. The minimum absolute atomic E-state index is 0.104.